The summed E-state index contributed by atoms with van der Waals surface area (Å²) in [5.41, 5.74) is 10.8. The van der Waals surface area contributed by atoms with Crippen LogP contribution in [0.4, 0.5) is 15.8 Å². The molecule has 1 aromatic carbocycles. The molecular weight excluding hydrogens is 413 g/mol. The molecule has 2 aliphatic rings. The number of anilines is 2. The average Bonchev–Trinajstić information content (AvgIpc) is 3.09. The number of nitrogens with two attached hydrogens (primary N) is 1. The number of carbonyl (C=O) groups excluding carboxylic acids is 1. The van der Waals surface area contributed by atoms with Gasteiger partial charge in [-0.25, -0.2) is 14.4 Å². The Bertz CT molecular complexity index is 1150. The zero-order valence-corrected chi connectivity index (χ0v) is 18.4. The average molecular weight is 440 g/mol. The highest BCUT2D eigenvalue weighted by atomic mass is 32.1. The van der Waals surface area contributed by atoms with E-state index in [-0.39, 0.29) is 17.8 Å². The minimum atomic E-state index is -0.209. The number of aromatic nitrogens is 2. The molecule has 0 bridgehead atoms. The van der Waals surface area contributed by atoms with E-state index in [0.717, 1.165) is 55.7 Å². The highest BCUT2D eigenvalue weighted by Gasteiger charge is 2.26. The normalized spacial score (nSPS) is 18.8. The minimum Gasteiger partial charge on any atom is -0.396 e. The molecule has 3 aromatic rings. The van der Waals surface area contributed by atoms with E-state index < -0.39 is 0 Å². The Morgan fingerprint density at radius 3 is 2.87 bits per heavy atom. The molecule has 5 rings (SSSR count). The first-order valence-electron chi connectivity index (χ1n) is 10.9. The van der Waals surface area contributed by atoms with Crippen LogP contribution in [-0.4, -0.2) is 35.0 Å². The van der Waals surface area contributed by atoms with Crippen molar-refractivity contribution >= 4 is 39.0 Å². The molecule has 31 heavy (non-hydrogen) atoms. The second-order valence-corrected chi connectivity index (χ2v) is 9.54. The maximum atomic E-state index is 14.9. The topological polar surface area (TPSA) is 84.1 Å². The van der Waals surface area contributed by atoms with Gasteiger partial charge in [0.1, 0.15) is 21.0 Å². The van der Waals surface area contributed by atoms with Crippen molar-refractivity contribution in [3.05, 3.63) is 45.8 Å². The predicted octanol–water partition coefficient (Wildman–Crippen LogP) is 4.00. The van der Waals surface area contributed by atoms with Crippen molar-refractivity contribution in [2.45, 2.75) is 51.5 Å². The zero-order chi connectivity index (χ0) is 21.5. The Labute approximate surface area is 184 Å². The third-order valence-electron chi connectivity index (χ3n) is 6.30. The lowest BCUT2D eigenvalue weighted by molar-refractivity contribution is 0.0938. The summed E-state index contributed by atoms with van der Waals surface area (Å²) in [7, 11) is 0. The number of rotatable bonds is 3. The molecule has 3 heterocycles. The number of halogens is 1. The second kappa shape index (κ2) is 8.07. The fourth-order valence-electron chi connectivity index (χ4n) is 4.66. The van der Waals surface area contributed by atoms with Crippen LogP contribution in [0.2, 0.25) is 0 Å². The fourth-order valence-corrected chi connectivity index (χ4v) is 5.66. The van der Waals surface area contributed by atoms with Gasteiger partial charge in [-0.15, -0.1) is 11.3 Å². The number of hydrogen-bond donors (Lipinski definition) is 2. The molecule has 0 spiro atoms. The summed E-state index contributed by atoms with van der Waals surface area (Å²) in [4.78, 5) is 24.9. The number of carbonyl (C=O) groups is 1. The lowest BCUT2D eigenvalue weighted by Gasteiger charge is -2.31. The predicted molar refractivity (Wildman–Crippen MR) is 122 cm³/mol. The molecule has 1 amide bonds. The Morgan fingerprint density at radius 2 is 2.06 bits per heavy atom. The molecule has 162 valence electrons. The van der Waals surface area contributed by atoms with Gasteiger partial charge in [0.2, 0.25) is 0 Å². The number of piperidine rings is 1. The van der Waals surface area contributed by atoms with Crippen molar-refractivity contribution in [3.8, 4) is 0 Å². The minimum absolute atomic E-state index is 0.0486. The summed E-state index contributed by atoms with van der Waals surface area (Å²) in [5.74, 6) is -0.368. The Balaban J connectivity index is 1.32. The molecule has 0 unspecified atom stereocenters. The number of aryl methyl sites for hydroxylation is 2. The summed E-state index contributed by atoms with van der Waals surface area (Å²) in [5, 5.41) is 3.09. The fraction of sp³-hybridized carbons (Fsp3) is 0.435. The maximum absolute atomic E-state index is 14.9. The van der Waals surface area contributed by atoms with Gasteiger partial charge in [0.05, 0.1) is 17.1 Å². The SMILES string of the molecule is Cc1cnc2c(N)c(C(=O)N[C@@H]3CCc4cc(N5CCCCC5)c(F)cc4C3)sc2n1. The molecule has 2 aromatic heterocycles. The Hall–Kier alpha value is -2.74. The second-order valence-electron chi connectivity index (χ2n) is 8.54. The lowest BCUT2D eigenvalue weighted by Crippen LogP contribution is -2.39. The first kappa shape index (κ1) is 20.2. The van der Waals surface area contributed by atoms with Crippen LogP contribution in [0.5, 0.6) is 0 Å². The summed E-state index contributed by atoms with van der Waals surface area (Å²) in [6.45, 7) is 3.71. The number of nitrogen functional groups attached to an aromatic ring is 1. The van der Waals surface area contributed by atoms with Crippen LogP contribution >= 0.6 is 11.3 Å². The van der Waals surface area contributed by atoms with Crippen molar-refractivity contribution in [2.75, 3.05) is 23.7 Å². The van der Waals surface area contributed by atoms with Crippen molar-refractivity contribution in [1.29, 1.82) is 0 Å². The molecule has 0 radical (unpaired) electrons. The largest absolute Gasteiger partial charge is 0.396 e. The van der Waals surface area contributed by atoms with Crippen LogP contribution in [-0.2, 0) is 12.8 Å². The molecular formula is C23H26FN5OS. The summed E-state index contributed by atoms with van der Waals surface area (Å²) in [6.07, 6.45) is 7.39. The highest BCUT2D eigenvalue weighted by molar-refractivity contribution is 7.21. The lowest BCUT2D eigenvalue weighted by atomic mass is 9.87. The molecule has 3 N–H and O–H groups in total. The van der Waals surface area contributed by atoms with E-state index in [9.17, 15) is 9.18 Å². The molecule has 1 atom stereocenters. The third kappa shape index (κ3) is 3.84. The van der Waals surface area contributed by atoms with Gasteiger partial charge in [0.25, 0.3) is 5.91 Å². The van der Waals surface area contributed by atoms with E-state index in [1.54, 1.807) is 12.3 Å². The zero-order valence-electron chi connectivity index (χ0n) is 17.6. The first-order valence-corrected chi connectivity index (χ1v) is 11.7. The van der Waals surface area contributed by atoms with E-state index in [4.69, 9.17) is 5.73 Å². The number of thiophene rings is 1. The van der Waals surface area contributed by atoms with Gasteiger partial charge in [-0.2, -0.15) is 0 Å². The number of hydrogen-bond acceptors (Lipinski definition) is 6. The van der Waals surface area contributed by atoms with Crippen LogP contribution in [0, 0.1) is 12.7 Å². The van der Waals surface area contributed by atoms with E-state index in [2.05, 4.69) is 20.2 Å². The molecule has 1 fully saturated rings. The number of amides is 1. The van der Waals surface area contributed by atoms with Crippen LogP contribution in [0.3, 0.4) is 0 Å². The van der Waals surface area contributed by atoms with E-state index in [1.807, 2.05) is 13.0 Å². The Morgan fingerprint density at radius 1 is 1.26 bits per heavy atom. The maximum Gasteiger partial charge on any atom is 0.263 e. The van der Waals surface area contributed by atoms with Crippen LogP contribution < -0.4 is 16.0 Å². The summed E-state index contributed by atoms with van der Waals surface area (Å²) >= 11 is 1.26. The smallest absolute Gasteiger partial charge is 0.263 e. The van der Waals surface area contributed by atoms with Gasteiger partial charge in [-0.1, -0.05) is 0 Å². The van der Waals surface area contributed by atoms with Crippen molar-refractivity contribution in [3.63, 3.8) is 0 Å². The van der Waals surface area contributed by atoms with Crippen LogP contribution in [0.15, 0.2) is 18.3 Å². The van der Waals surface area contributed by atoms with Crippen LogP contribution in [0.1, 0.15) is 52.2 Å². The van der Waals surface area contributed by atoms with E-state index >= 15 is 0 Å². The van der Waals surface area contributed by atoms with Gasteiger partial charge >= 0.3 is 0 Å². The standard InChI is InChI=1S/C23H26FN5OS/c1-13-12-26-20-19(25)21(31-23(20)27-13)22(30)28-16-6-5-14-11-18(17(24)10-15(14)9-16)29-7-3-2-4-8-29/h10-12,16H,2-9,25H2,1H3,(H,28,30)/t16-/m1/s1. The quantitative estimate of drug-likeness (QED) is 0.644. The van der Waals surface area contributed by atoms with Gasteiger partial charge < -0.3 is 16.0 Å². The van der Waals surface area contributed by atoms with E-state index in [1.165, 1.54) is 23.3 Å². The molecule has 1 aliphatic carbocycles. The molecule has 0 saturated carbocycles. The van der Waals surface area contributed by atoms with Crippen molar-refractivity contribution < 1.29 is 9.18 Å². The Kier molecular flexibility index (Phi) is 5.25. The third-order valence-corrected chi connectivity index (χ3v) is 7.38. The molecule has 8 heteroatoms. The number of fused-ring (bicyclic) bond motifs is 2. The van der Waals surface area contributed by atoms with Crippen molar-refractivity contribution in [2.24, 2.45) is 0 Å². The van der Waals surface area contributed by atoms with E-state index in [0.29, 0.717) is 27.3 Å². The number of nitrogens with one attached hydrogen (secondary N) is 1. The van der Waals surface area contributed by atoms with Gasteiger partial charge in [-0.3, -0.25) is 4.79 Å². The van der Waals surface area contributed by atoms with Gasteiger partial charge in [-0.05, 0) is 68.7 Å². The van der Waals surface area contributed by atoms with Crippen molar-refractivity contribution in [1.82, 2.24) is 15.3 Å². The van der Waals surface area contributed by atoms with Gasteiger partial charge in [0.15, 0.2) is 0 Å². The summed E-state index contributed by atoms with van der Waals surface area (Å²) < 4.78 is 14.9. The van der Waals surface area contributed by atoms with Gasteiger partial charge in [0, 0.05) is 25.3 Å². The van der Waals surface area contributed by atoms with Crippen LogP contribution in [0.25, 0.3) is 10.3 Å². The number of benzene rings is 1. The summed E-state index contributed by atoms with van der Waals surface area (Å²) in [6, 6.07) is 3.65. The molecule has 1 saturated heterocycles. The molecule has 6 nitrogen and oxygen atoms in total. The first-order chi connectivity index (χ1) is 15.0. The highest BCUT2D eigenvalue weighted by Crippen LogP contribution is 2.33. The monoisotopic (exact) mass is 439 g/mol. The number of nitrogens with zero attached hydrogens (tertiary/aromatic N) is 3. The molecule has 1 aliphatic heterocycles.